The maximum Gasteiger partial charge on any atom is 0.238 e. The summed E-state index contributed by atoms with van der Waals surface area (Å²) in [6.45, 7) is 3.81. The molecule has 0 radical (unpaired) electrons. The molecule has 0 bridgehead atoms. The summed E-state index contributed by atoms with van der Waals surface area (Å²) in [5.41, 5.74) is 0.489. The summed E-state index contributed by atoms with van der Waals surface area (Å²) < 4.78 is 13.0. The number of rotatable bonds is 3. The smallest absolute Gasteiger partial charge is 0.238 e. The molecular weight excluding hydrogens is 259 g/mol. The van der Waals surface area contributed by atoms with Gasteiger partial charge < -0.3 is 10.6 Å². The van der Waals surface area contributed by atoms with Crippen molar-refractivity contribution in [2.24, 2.45) is 0 Å². The predicted molar refractivity (Wildman–Crippen MR) is 73.7 cm³/mol. The van der Waals surface area contributed by atoms with Crippen molar-refractivity contribution in [1.29, 1.82) is 5.26 Å². The zero-order chi connectivity index (χ0) is 14.4. The van der Waals surface area contributed by atoms with E-state index in [1.54, 1.807) is 0 Å². The fourth-order valence-electron chi connectivity index (χ4n) is 2.17. The van der Waals surface area contributed by atoms with Gasteiger partial charge in [0.05, 0.1) is 17.8 Å². The van der Waals surface area contributed by atoms with Crippen molar-refractivity contribution in [2.75, 3.05) is 38.0 Å². The van der Waals surface area contributed by atoms with Crippen LogP contribution in [-0.2, 0) is 4.79 Å². The number of amides is 1. The standard InChI is InChI=1S/C14H17FN4O/c15-12-2-3-13(11(8-12)9-16)18-14(20)10-19-6-1-4-17-5-7-19/h2-3,8,17H,1,4-7,10H2,(H,18,20). The van der Waals surface area contributed by atoms with Gasteiger partial charge in [-0.2, -0.15) is 5.26 Å². The lowest BCUT2D eigenvalue weighted by atomic mass is 10.2. The van der Waals surface area contributed by atoms with Gasteiger partial charge in [-0.3, -0.25) is 9.69 Å². The first-order valence-corrected chi connectivity index (χ1v) is 6.61. The quantitative estimate of drug-likeness (QED) is 0.862. The minimum Gasteiger partial charge on any atom is -0.324 e. The third-order valence-corrected chi connectivity index (χ3v) is 3.18. The molecule has 20 heavy (non-hydrogen) atoms. The van der Waals surface area contributed by atoms with Crippen molar-refractivity contribution in [2.45, 2.75) is 6.42 Å². The van der Waals surface area contributed by atoms with Crippen LogP contribution in [0.5, 0.6) is 0 Å². The molecule has 2 N–H and O–H groups in total. The summed E-state index contributed by atoms with van der Waals surface area (Å²) in [4.78, 5) is 14.0. The van der Waals surface area contributed by atoms with Crippen LogP contribution in [0.2, 0.25) is 0 Å². The van der Waals surface area contributed by atoms with Gasteiger partial charge in [-0.15, -0.1) is 0 Å². The first kappa shape index (κ1) is 14.4. The van der Waals surface area contributed by atoms with E-state index in [0.29, 0.717) is 5.69 Å². The van der Waals surface area contributed by atoms with E-state index in [9.17, 15) is 9.18 Å². The first-order chi connectivity index (χ1) is 9.69. The molecule has 0 aliphatic carbocycles. The van der Waals surface area contributed by atoms with Crippen LogP contribution in [0.3, 0.4) is 0 Å². The predicted octanol–water partition coefficient (Wildman–Crippen LogP) is 0.931. The molecular formula is C14H17FN4O. The molecule has 106 valence electrons. The number of nitriles is 1. The number of anilines is 1. The Labute approximate surface area is 117 Å². The van der Waals surface area contributed by atoms with Crippen LogP contribution in [0.15, 0.2) is 18.2 Å². The fourth-order valence-corrected chi connectivity index (χ4v) is 2.17. The molecule has 0 saturated carbocycles. The molecule has 0 unspecified atom stereocenters. The molecule has 6 heteroatoms. The van der Waals surface area contributed by atoms with Gasteiger partial charge in [-0.1, -0.05) is 0 Å². The van der Waals surface area contributed by atoms with Crippen molar-refractivity contribution >= 4 is 11.6 Å². The zero-order valence-corrected chi connectivity index (χ0v) is 11.2. The summed E-state index contributed by atoms with van der Waals surface area (Å²) in [6, 6.07) is 5.63. The highest BCUT2D eigenvalue weighted by atomic mass is 19.1. The van der Waals surface area contributed by atoms with Crippen molar-refractivity contribution in [3.05, 3.63) is 29.6 Å². The second-order valence-electron chi connectivity index (χ2n) is 4.73. The van der Waals surface area contributed by atoms with E-state index >= 15 is 0 Å². The van der Waals surface area contributed by atoms with E-state index in [1.165, 1.54) is 12.1 Å². The van der Waals surface area contributed by atoms with Crippen LogP contribution < -0.4 is 10.6 Å². The summed E-state index contributed by atoms with van der Waals surface area (Å²) in [6.07, 6.45) is 1.01. The van der Waals surface area contributed by atoms with E-state index in [4.69, 9.17) is 5.26 Å². The van der Waals surface area contributed by atoms with Crippen molar-refractivity contribution in [3.63, 3.8) is 0 Å². The number of benzene rings is 1. The molecule has 1 heterocycles. The SMILES string of the molecule is N#Cc1cc(F)ccc1NC(=O)CN1CCCNCC1. The summed E-state index contributed by atoms with van der Waals surface area (Å²) in [7, 11) is 0. The van der Waals surface area contributed by atoms with E-state index in [1.807, 2.05) is 6.07 Å². The maximum absolute atomic E-state index is 13.0. The van der Waals surface area contributed by atoms with Crippen molar-refractivity contribution in [3.8, 4) is 6.07 Å². The largest absolute Gasteiger partial charge is 0.324 e. The second-order valence-corrected chi connectivity index (χ2v) is 4.73. The molecule has 1 aromatic carbocycles. The highest BCUT2D eigenvalue weighted by Gasteiger charge is 2.14. The molecule has 1 aliphatic heterocycles. The molecule has 1 saturated heterocycles. The van der Waals surface area contributed by atoms with E-state index in [0.717, 1.165) is 38.7 Å². The zero-order valence-electron chi connectivity index (χ0n) is 11.2. The number of carbonyl (C=O) groups excluding carboxylic acids is 1. The Morgan fingerprint density at radius 1 is 1.45 bits per heavy atom. The minimum absolute atomic E-state index is 0.135. The number of hydrogen-bond acceptors (Lipinski definition) is 4. The lowest BCUT2D eigenvalue weighted by molar-refractivity contribution is -0.117. The van der Waals surface area contributed by atoms with E-state index in [2.05, 4.69) is 15.5 Å². The fraction of sp³-hybridized carbons (Fsp3) is 0.429. The lowest BCUT2D eigenvalue weighted by Gasteiger charge is -2.18. The van der Waals surface area contributed by atoms with Crippen LogP contribution >= 0.6 is 0 Å². The van der Waals surface area contributed by atoms with Gasteiger partial charge in [0.2, 0.25) is 5.91 Å². The third kappa shape index (κ3) is 4.02. The second kappa shape index (κ2) is 6.98. The van der Waals surface area contributed by atoms with Crippen LogP contribution in [0.1, 0.15) is 12.0 Å². The molecule has 0 spiro atoms. The molecule has 2 rings (SSSR count). The number of nitrogens with one attached hydrogen (secondary N) is 2. The number of hydrogen-bond donors (Lipinski definition) is 2. The molecule has 1 aromatic rings. The van der Waals surface area contributed by atoms with Crippen LogP contribution in [0.4, 0.5) is 10.1 Å². The Hall–Kier alpha value is -1.97. The van der Waals surface area contributed by atoms with Crippen molar-refractivity contribution in [1.82, 2.24) is 10.2 Å². The Morgan fingerprint density at radius 2 is 2.30 bits per heavy atom. The Kier molecular flexibility index (Phi) is 5.04. The van der Waals surface area contributed by atoms with Crippen molar-refractivity contribution < 1.29 is 9.18 Å². The maximum atomic E-state index is 13.0. The molecule has 5 nitrogen and oxygen atoms in total. The van der Waals surface area contributed by atoms with E-state index < -0.39 is 5.82 Å². The highest BCUT2D eigenvalue weighted by Crippen LogP contribution is 2.15. The van der Waals surface area contributed by atoms with Gasteiger partial charge in [0, 0.05) is 13.1 Å². The summed E-state index contributed by atoms with van der Waals surface area (Å²) >= 11 is 0. The van der Waals surface area contributed by atoms with Gasteiger partial charge >= 0.3 is 0 Å². The third-order valence-electron chi connectivity index (χ3n) is 3.18. The average molecular weight is 276 g/mol. The number of carbonyl (C=O) groups is 1. The molecule has 0 atom stereocenters. The Balaban J connectivity index is 1.95. The molecule has 1 amide bonds. The monoisotopic (exact) mass is 276 g/mol. The topological polar surface area (TPSA) is 68.2 Å². The Morgan fingerprint density at radius 3 is 3.10 bits per heavy atom. The summed E-state index contributed by atoms with van der Waals surface area (Å²) in [5.74, 6) is -0.673. The van der Waals surface area contributed by atoms with Gasteiger partial charge in [0.1, 0.15) is 11.9 Å². The highest BCUT2D eigenvalue weighted by molar-refractivity contribution is 5.93. The van der Waals surface area contributed by atoms with Gasteiger partial charge in [-0.25, -0.2) is 4.39 Å². The van der Waals surface area contributed by atoms with Crippen LogP contribution in [0.25, 0.3) is 0 Å². The lowest BCUT2D eigenvalue weighted by Crippen LogP contribution is -2.35. The normalized spacial score (nSPS) is 16.2. The van der Waals surface area contributed by atoms with Crippen LogP contribution in [-0.4, -0.2) is 43.5 Å². The number of halogens is 1. The average Bonchev–Trinajstić information content (AvgIpc) is 2.69. The minimum atomic E-state index is -0.488. The first-order valence-electron chi connectivity index (χ1n) is 6.61. The summed E-state index contributed by atoms with van der Waals surface area (Å²) in [5, 5.41) is 14.9. The number of nitrogens with zero attached hydrogens (tertiary/aromatic N) is 2. The van der Waals surface area contributed by atoms with Gasteiger partial charge in [0.25, 0.3) is 0 Å². The van der Waals surface area contributed by atoms with Gasteiger partial charge in [0.15, 0.2) is 0 Å². The van der Waals surface area contributed by atoms with Crippen LogP contribution in [0, 0.1) is 17.1 Å². The Bertz CT molecular complexity index is 518. The molecule has 0 aromatic heterocycles. The van der Waals surface area contributed by atoms with E-state index in [-0.39, 0.29) is 18.0 Å². The molecule has 1 aliphatic rings. The van der Waals surface area contributed by atoms with Gasteiger partial charge in [-0.05, 0) is 37.7 Å². The molecule has 1 fully saturated rings.